The van der Waals surface area contributed by atoms with Gasteiger partial charge in [-0.1, -0.05) is 12.1 Å². The maximum atomic E-state index is 11.9. The van der Waals surface area contributed by atoms with E-state index in [9.17, 15) is 4.79 Å². The van der Waals surface area contributed by atoms with Crippen molar-refractivity contribution in [2.45, 2.75) is 13.5 Å². The fourth-order valence-electron chi connectivity index (χ4n) is 2.19. The summed E-state index contributed by atoms with van der Waals surface area (Å²) in [6.45, 7) is 2.83. The molecular formula is C14H13NOS. The number of hydrogen-bond donors (Lipinski definition) is 0. The van der Waals surface area contributed by atoms with Crippen LogP contribution in [0.3, 0.4) is 0 Å². The van der Waals surface area contributed by atoms with Crippen LogP contribution in [0, 0.1) is 6.92 Å². The molecule has 0 saturated heterocycles. The minimum Gasteiger partial charge on any atom is -0.337 e. The van der Waals surface area contributed by atoms with E-state index >= 15 is 0 Å². The molecule has 0 aliphatic carbocycles. The summed E-state index contributed by atoms with van der Waals surface area (Å²) in [5, 5.41) is 0. The Kier molecular flexibility index (Phi) is 2.30. The molecule has 86 valence electrons. The van der Waals surface area contributed by atoms with E-state index in [0.717, 1.165) is 23.2 Å². The molecule has 0 N–H and O–H groups in total. The van der Waals surface area contributed by atoms with Gasteiger partial charge in [0.1, 0.15) is 0 Å². The van der Waals surface area contributed by atoms with Gasteiger partial charge >= 0.3 is 0 Å². The largest absolute Gasteiger partial charge is 0.337 e. The molecule has 0 radical (unpaired) electrons. The molecule has 0 saturated carbocycles. The third-order valence-electron chi connectivity index (χ3n) is 3.12. The first-order valence-corrected chi connectivity index (χ1v) is 6.42. The molecule has 0 fully saturated rings. The highest BCUT2D eigenvalue weighted by Gasteiger charge is 2.24. The van der Waals surface area contributed by atoms with Gasteiger partial charge in [0.2, 0.25) is 0 Å². The SMILES string of the molecule is Cc1ccc(-c2ccc3c(c2)C(=O)N(C)C3)s1. The zero-order valence-electron chi connectivity index (χ0n) is 9.86. The van der Waals surface area contributed by atoms with Crippen molar-refractivity contribution in [3.63, 3.8) is 0 Å². The number of nitrogens with zero attached hydrogens (tertiary/aromatic N) is 1. The lowest BCUT2D eigenvalue weighted by molar-refractivity contribution is 0.0816. The molecule has 1 aliphatic rings. The van der Waals surface area contributed by atoms with E-state index in [1.54, 1.807) is 16.2 Å². The molecule has 1 aromatic carbocycles. The predicted molar refractivity (Wildman–Crippen MR) is 70.3 cm³/mol. The zero-order chi connectivity index (χ0) is 12.0. The molecule has 2 heterocycles. The minimum absolute atomic E-state index is 0.134. The van der Waals surface area contributed by atoms with Crippen molar-refractivity contribution in [1.82, 2.24) is 4.90 Å². The highest BCUT2D eigenvalue weighted by Crippen LogP contribution is 2.31. The van der Waals surface area contributed by atoms with Crippen LogP contribution in [0.15, 0.2) is 30.3 Å². The normalized spacial score (nSPS) is 14.2. The number of hydrogen-bond acceptors (Lipinski definition) is 2. The molecule has 1 aromatic heterocycles. The molecule has 0 unspecified atom stereocenters. The molecule has 17 heavy (non-hydrogen) atoms. The van der Waals surface area contributed by atoms with Gasteiger partial charge < -0.3 is 4.90 Å². The maximum Gasteiger partial charge on any atom is 0.254 e. The summed E-state index contributed by atoms with van der Waals surface area (Å²) in [6.07, 6.45) is 0. The van der Waals surface area contributed by atoms with E-state index < -0.39 is 0 Å². The first-order valence-electron chi connectivity index (χ1n) is 5.60. The summed E-state index contributed by atoms with van der Waals surface area (Å²) >= 11 is 1.76. The molecular weight excluding hydrogens is 230 g/mol. The Bertz CT molecular complexity index is 600. The number of carbonyl (C=O) groups is 1. The predicted octanol–water partition coefficient (Wildman–Crippen LogP) is 3.31. The molecule has 3 rings (SSSR count). The van der Waals surface area contributed by atoms with Crippen molar-refractivity contribution in [2.24, 2.45) is 0 Å². The Hall–Kier alpha value is -1.61. The number of amides is 1. The average Bonchev–Trinajstić information content (AvgIpc) is 2.85. The maximum absolute atomic E-state index is 11.9. The summed E-state index contributed by atoms with van der Waals surface area (Å²) in [5.74, 6) is 0.134. The summed E-state index contributed by atoms with van der Waals surface area (Å²) < 4.78 is 0. The Balaban J connectivity index is 2.08. The van der Waals surface area contributed by atoms with Crippen molar-refractivity contribution in [2.75, 3.05) is 7.05 Å². The Morgan fingerprint density at radius 2 is 2.06 bits per heavy atom. The Labute approximate surface area is 105 Å². The van der Waals surface area contributed by atoms with Gasteiger partial charge in [0.05, 0.1) is 0 Å². The number of aryl methyl sites for hydroxylation is 1. The average molecular weight is 243 g/mol. The van der Waals surface area contributed by atoms with Crippen LogP contribution in [0.1, 0.15) is 20.8 Å². The van der Waals surface area contributed by atoms with Crippen LogP contribution >= 0.6 is 11.3 Å². The fourth-order valence-corrected chi connectivity index (χ4v) is 3.05. The van der Waals surface area contributed by atoms with Gasteiger partial charge in [-0.15, -0.1) is 11.3 Å². The van der Waals surface area contributed by atoms with Gasteiger partial charge in [-0.25, -0.2) is 0 Å². The third kappa shape index (κ3) is 1.67. The van der Waals surface area contributed by atoms with E-state index in [0.29, 0.717) is 0 Å². The number of carbonyl (C=O) groups excluding carboxylic acids is 1. The van der Waals surface area contributed by atoms with E-state index in [4.69, 9.17) is 0 Å². The van der Waals surface area contributed by atoms with Crippen molar-refractivity contribution in [3.8, 4) is 10.4 Å². The van der Waals surface area contributed by atoms with Gasteiger partial charge in [0.25, 0.3) is 5.91 Å². The standard InChI is InChI=1S/C14H13NOS/c1-9-3-6-13(17-9)10-4-5-11-8-15(2)14(16)12(11)7-10/h3-7H,8H2,1-2H3. The first-order chi connectivity index (χ1) is 8.15. The molecule has 2 aromatic rings. The fraction of sp³-hybridized carbons (Fsp3) is 0.214. The lowest BCUT2D eigenvalue weighted by Gasteiger charge is -2.04. The number of rotatable bonds is 1. The van der Waals surface area contributed by atoms with Gasteiger partial charge in [-0.05, 0) is 36.2 Å². The second-order valence-electron chi connectivity index (χ2n) is 4.44. The lowest BCUT2D eigenvalue weighted by atomic mass is 10.1. The lowest BCUT2D eigenvalue weighted by Crippen LogP contribution is -2.17. The molecule has 0 bridgehead atoms. The minimum atomic E-state index is 0.134. The molecule has 2 nitrogen and oxygen atoms in total. The Morgan fingerprint density at radius 3 is 2.76 bits per heavy atom. The Morgan fingerprint density at radius 1 is 1.24 bits per heavy atom. The highest BCUT2D eigenvalue weighted by molar-refractivity contribution is 7.15. The topological polar surface area (TPSA) is 20.3 Å². The van der Waals surface area contributed by atoms with Crippen LogP contribution < -0.4 is 0 Å². The smallest absolute Gasteiger partial charge is 0.254 e. The van der Waals surface area contributed by atoms with Crippen LogP contribution in [0.4, 0.5) is 0 Å². The number of benzene rings is 1. The summed E-state index contributed by atoms with van der Waals surface area (Å²) in [5.41, 5.74) is 3.14. The molecule has 0 spiro atoms. The molecule has 3 heteroatoms. The zero-order valence-corrected chi connectivity index (χ0v) is 10.7. The third-order valence-corrected chi connectivity index (χ3v) is 4.17. The second-order valence-corrected chi connectivity index (χ2v) is 5.73. The van der Waals surface area contributed by atoms with Crippen molar-refractivity contribution in [3.05, 3.63) is 46.3 Å². The summed E-state index contributed by atoms with van der Waals surface area (Å²) in [6, 6.07) is 10.4. The molecule has 1 amide bonds. The van der Waals surface area contributed by atoms with Crippen LogP contribution in [0.25, 0.3) is 10.4 Å². The number of thiophene rings is 1. The van der Waals surface area contributed by atoms with Crippen LogP contribution in [-0.4, -0.2) is 17.9 Å². The van der Waals surface area contributed by atoms with E-state index in [1.807, 2.05) is 13.1 Å². The van der Waals surface area contributed by atoms with Crippen LogP contribution in [0.5, 0.6) is 0 Å². The van der Waals surface area contributed by atoms with Gasteiger partial charge in [-0.2, -0.15) is 0 Å². The van der Waals surface area contributed by atoms with Crippen LogP contribution in [-0.2, 0) is 6.54 Å². The van der Waals surface area contributed by atoms with E-state index in [-0.39, 0.29) is 5.91 Å². The first kappa shape index (κ1) is 10.5. The molecule has 0 atom stereocenters. The molecule has 1 aliphatic heterocycles. The van der Waals surface area contributed by atoms with Crippen LogP contribution in [0.2, 0.25) is 0 Å². The monoisotopic (exact) mass is 243 g/mol. The quantitative estimate of drug-likeness (QED) is 0.752. The summed E-state index contributed by atoms with van der Waals surface area (Å²) in [4.78, 5) is 16.2. The number of fused-ring (bicyclic) bond motifs is 1. The van der Waals surface area contributed by atoms with E-state index in [2.05, 4.69) is 31.2 Å². The summed E-state index contributed by atoms with van der Waals surface area (Å²) in [7, 11) is 1.84. The van der Waals surface area contributed by atoms with Gasteiger partial charge in [0, 0.05) is 28.9 Å². The van der Waals surface area contributed by atoms with Gasteiger partial charge in [-0.3, -0.25) is 4.79 Å². The van der Waals surface area contributed by atoms with Crippen molar-refractivity contribution in [1.29, 1.82) is 0 Å². The van der Waals surface area contributed by atoms with Crippen molar-refractivity contribution < 1.29 is 4.79 Å². The highest BCUT2D eigenvalue weighted by atomic mass is 32.1. The van der Waals surface area contributed by atoms with Gasteiger partial charge in [0.15, 0.2) is 0 Å². The second kappa shape index (κ2) is 3.70. The van der Waals surface area contributed by atoms with E-state index in [1.165, 1.54) is 9.75 Å². The van der Waals surface area contributed by atoms with Crippen molar-refractivity contribution >= 4 is 17.2 Å².